The van der Waals surface area contributed by atoms with Crippen LogP contribution in [-0.4, -0.2) is 109 Å². The molecular formula is C59H81N3O13. The van der Waals surface area contributed by atoms with Crippen molar-refractivity contribution in [2.45, 2.75) is 175 Å². The van der Waals surface area contributed by atoms with Crippen molar-refractivity contribution >= 4 is 57.2 Å². The van der Waals surface area contributed by atoms with Gasteiger partial charge in [0.25, 0.3) is 0 Å². The van der Waals surface area contributed by atoms with Crippen LogP contribution in [0.15, 0.2) is 84.9 Å². The lowest BCUT2D eigenvalue weighted by Crippen LogP contribution is -2.53. The van der Waals surface area contributed by atoms with Crippen LogP contribution in [0, 0.1) is 5.41 Å². The molecule has 1 saturated heterocycles. The average molecular weight is 1040 g/mol. The van der Waals surface area contributed by atoms with Gasteiger partial charge < -0.3 is 49.1 Å². The molecule has 1 aliphatic rings. The van der Waals surface area contributed by atoms with Gasteiger partial charge in [-0.25, -0.2) is 14.4 Å². The van der Waals surface area contributed by atoms with Crippen molar-refractivity contribution in [3.8, 4) is 0 Å². The molecule has 3 amide bonds. The molecule has 0 aromatic heterocycles. The fraction of sp³-hybridized carbons (Fsp3) is 0.559. The number of hydrogen-bond donors (Lipinski definition) is 3. The molecule has 4 aromatic rings. The Morgan fingerprint density at radius 1 is 0.560 bits per heavy atom. The van der Waals surface area contributed by atoms with E-state index in [0.717, 1.165) is 32.7 Å². The fourth-order valence-electron chi connectivity index (χ4n) is 8.36. The standard InChI is InChI=1S/C59H81N3O13/c1-55(2,3)73-51(65)30-29-47(53(67)75-57(7,8)9)62-54(68)61-46(52(66)74-56(4,5)6)23-13-12-14-24-49(63)48(33-40-25-27-42-19-15-17-21-44(42)31-40)60-50(64)35-70-37-59(38-71-58(10,11)72-39-59)36-69-34-41-26-28-43-20-16-18-22-45(43)32-41/h15-22,25-28,31-32,46-48H,12-14,23-24,29-30,33-39H2,1-11H3,(H,60,64)(H2,61,62,68)/t46-,47-,48?/m0/s1. The number of benzene rings is 4. The summed E-state index contributed by atoms with van der Waals surface area (Å²) in [5, 5.41) is 12.5. The summed E-state index contributed by atoms with van der Waals surface area (Å²) in [6.07, 6.45) is 1.59. The second-order valence-electron chi connectivity index (χ2n) is 23.1. The molecule has 1 fully saturated rings. The Labute approximate surface area is 442 Å². The number of amides is 3. The van der Waals surface area contributed by atoms with E-state index >= 15 is 0 Å². The van der Waals surface area contributed by atoms with Gasteiger partial charge in [-0.15, -0.1) is 0 Å². The van der Waals surface area contributed by atoms with Gasteiger partial charge in [0.15, 0.2) is 11.6 Å². The number of hydrogen-bond acceptors (Lipinski definition) is 13. The van der Waals surface area contributed by atoms with E-state index in [4.69, 9.17) is 33.2 Å². The molecule has 0 spiro atoms. The Hall–Kier alpha value is -5.94. The van der Waals surface area contributed by atoms with Crippen LogP contribution >= 0.6 is 0 Å². The molecule has 3 N–H and O–H groups in total. The molecule has 4 aromatic carbocycles. The second kappa shape index (κ2) is 26.7. The maximum Gasteiger partial charge on any atom is 0.329 e. The molecule has 1 heterocycles. The van der Waals surface area contributed by atoms with Crippen LogP contribution in [0.2, 0.25) is 0 Å². The van der Waals surface area contributed by atoms with Gasteiger partial charge in [0.2, 0.25) is 5.91 Å². The van der Waals surface area contributed by atoms with Gasteiger partial charge in [-0.05, 0) is 141 Å². The van der Waals surface area contributed by atoms with Crippen LogP contribution in [-0.2, 0) is 70.2 Å². The van der Waals surface area contributed by atoms with Crippen molar-refractivity contribution in [2.75, 3.05) is 33.0 Å². The zero-order chi connectivity index (χ0) is 55.0. The Kier molecular flexibility index (Phi) is 21.3. The predicted molar refractivity (Wildman–Crippen MR) is 287 cm³/mol. The third-order valence-electron chi connectivity index (χ3n) is 12.0. The van der Waals surface area contributed by atoms with Gasteiger partial charge >= 0.3 is 23.9 Å². The highest BCUT2D eigenvalue weighted by atomic mass is 16.7. The van der Waals surface area contributed by atoms with E-state index in [9.17, 15) is 28.8 Å². The molecule has 3 atom stereocenters. The van der Waals surface area contributed by atoms with Gasteiger partial charge in [0.05, 0.1) is 44.5 Å². The highest BCUT2D eigenvalue weighted by molar-refractivity contribution is 5.90. The number of nitrogens with one attached hydrogen (secondary N) is 3. The average Bonchev–Trinajstić information content (AvgIpc) is 3.31. The first-order chi connectivity index (χ1) is 35.2. The van der Waals surface area contributed by atoms with Crippen molar-refractivity contribution in [2.24, 2.45) is 5.41 Å². The number of Topliss-reactive ketones (excluding diaryl/α,β-unsaturated/α-hetero) is 1. The van der Waals surface area contributed by atoms with E-state index in [1.165, 1.54) is 0 Å². The van der Waals surface area contributed by atoms with Gasteiger partial charge in [-0.3, -0.25) is 14.4 Å². The van der Waals surface area contributed by atoms with E-state index in [-0.39, 0.29) is 70.9 Å². The topological polar surface area (TPSA) is 203 Å². The summed E-state index contributed by atoms with van der Waals surface area (Å²) in [7, 11) is 0. The number of fused-ring (bicyclic) bond motifs is 2. The molecule has 16 heteroatoms. The maximum atomic E-state index is 14.1. The molecule has 410 valence electrons. The van der Waals surface area contributed by atoms with E-state index in [1.54, 1.807) is 62.3 Å². The lowest BCUT2D eigenvalue weighted by Gasteiger charge is -2.43. The highest BCUT2D eigenvalue weighted by Gasteiger charge is 2.41. The van der Waals surface area contributed by atoms with Gasteiger partial charge in [-0.1, -0.05) is 91.7 Å². The fourth-order valence-corrected chi connectivity index (χ4v) is 8.36. The van der Waals surface area contributed by atoms with Gasteiger partial charge in [0, 0.05) is 12.8 Å². The van der Waals surface area contributed by atoms with E-state index in [2.05, 4.69) is 40.2 Å². The lowest BCUT2D eigenvalue weighted by molar-refractivity contribution is -0.299. The molecular weight excluding hydrogens is 959 g/mol. The smallest absolute Gasteiger partial charge is 0.329 e. The normalized spacial score (nSPS) is 15.8. The van der Waals surface area contributed by atoms with Crippen LogP contribution in [0.3, 0.4) is 0 Å². The SMILES string of the molecule is CC(C)(C)OC(=O)CC[C@H](NC(=O)N[C@@H](CCCCCC(=O)C(Cc1ccc2ccccc2c1)NC(=O)COCC1(COCc2ccc3ccccc3c2)COC(C)(C)OC1)C(=O)OC(C)(C)C)C(=O)OC(C)(C)C. The minimum Gasteiger partial charge on any atom is -0.460 e. The third-order valence-corrected chi connectivity index (χ3v) is 12.0. The van der Waals surface area contributed by atoms with Crippen LogP contribution in [0.1, 0.15) is 132 Å². The third kappa shape index (κ3) is 21.3. The second-order valence-corrected chi connectivity index (χ2v) is 23.1. The van der Waals surface area contributed by atoms with E-state index in [1.807, 2.05) is 74.5 Å². The van der Waals surface area contributed by atoms with Crippen molar-refractivity contribution in [3.63, 3.8) is 0 Å². The van der Waals surface area contributed by atoms with Crippen LogP contribution in [0.25, 0.3) is 21.5 Å². The summed E-state index contributed by atoms with van der Waals surface area (Å²) in [5.41, 5.74) is -1.29. The molecule has 1 unspecified atom stereocenters. The first kappa shape index (κ1) is 59.9. The van der Waals surface area contributed by atoms with Gasteiger partial charge in [0.1, 0.15) is 35.5 Å². The Bertz CT molecular complexity index is 2560. The van der Waals surface area contributed by atoms with Crippen molar-refractivity contribution < 1.29 is 61.9 Å². The van der Waals surface area contributed by atoms with Crippen molar-refractivity contribution in [1.29, 1.82) is 0 Å². The van der Waals surface area contributed by atoms with Crippen LogP contribution < -0.4 is 16.0 Å². The molecule has 1 aliphatic heterocycles. The number of carbonyl (C=O) groups is 6. The zero-order valence-corrected chi connectivity index (χ0v) is 46.0. The summed E-state index contributed by atoms with van der Waals surface area (Å²) < 4.78 is 41.1. The Balaban J connectivity index is 1.19. The number of esters is 3. The summed E-state index contributed by atoms with van der Waals surface area (Å²) in [5.74, 6) is -3.40. The number of urea groups is 1. The minimum absolute atomic E-state index is 0.106. The number of unbranched alkanes of at least 4 members (excludes halogenated alkanes) is 2. The summed E-state index contributed by atoms with van der Waals surface area (Å²) in [6, 6.07) is 24.2. The molecule has 75 heavy (non-hydrogen) atoms. The zero-order valence-electron chi connectivity index (χ0n) is 46.0. The molecule has 0 saturated carbocycles. The first-order valence-corrected chi connectivity index (χ1v) is 26.1. The number of rotatable bonds is 25. The van der Waals surface area contributed by atoms with Gasteiger partial charge in [-0.2, -0.15) is 0 Å². The largest absolute Gasteiger partial charge is 0.460 e. The maximum absolute atomic E-state index is 14.1. The molecule has 0 radical (unpaired) electrons. The number of carbonyl (C=O) groups excluding carboxylic acids is 6. The summed E-state index contributed by atoms with van der Waals surface area (Å²) in [6.45, 7) is 20.1. The number of ether oxygens (including phenoxy) is 7. The summed E-state index contributed by atoms with van der Waals surface area (Å²) >= 11 is 0. The predicted octanol–water partition coefficient (Wildman–Crippen LogP) is 9.38. The quantitative estimate of drug-likeness (QED) is 0.0322. The number of ketones is 1. The summed E-state index contributed by atoms with van der Waals surface area (Å²) in [4.78, 5) is 80.5. The van der Waals surface area contributed by atoms with Crippen molar-refractivity contribution in [3.05, 3.63) is 96.1 Å². The Morgan fingerprint density at radius 2 is 1.07 bits per heavy atom. The molecule has 0 aliphatic carbocycles. The lowest BCUT2D eigenvalue weighted by atomic mass is 9.91. The molecule has 16 nitrogen and oxygen atoms in total. The Morgan fingerprint density at radius 3 is 1.63 bits per heavy atom. The monoisotopic (exact) mass is 1040 g/mol. The van der Waals surface area contributed by atoms with Crippen molar-refractivity contribution in [1.82, 2.24) is 16.0 Å². The highest BCUT2D eigenvalue weighted by Crippen LogP contribution is 2.31. The van der Waals surface area contributed by atoms with Crippen LogP contribution in [0.5, 0.6) is 0 Å². The molecule has 0 bridgehead atoms. The first-order valence-electron chi connectivity index (χ1n) is 26.1. The molecule has 5 rings (SSSR count). The minimum atomic E-state index is -1.23. The van der Waals surface area contributed by atoms with E-state index < -0.39 is 76.0 Å². The van der Waals surface area contributed by atoms with Crippen LogP contribution in [0.4, 0.5) is 4.79 Å². The van der Waals surface area contributed by atoms with E-state index in [0.29, 0.717) is 25.9 Å².